The summed E-state index contributed by atoms with van der Waals surface area (Å²) in [6.45, 7) is 7.42. The number of aliphatic hydroxyl groups is 1. The molecule has 0 saturated heterocycles. The zero-order chi connectivity index (χ0) is 15.9. The fourth-order valence-corrected chi connectivity index (χ4v) is 2.93. The second-order valence-electron chi connectivity index (χ2n) is 5.75. The van der Waals surface area contributed by atoms with Gasteiger partial charge in [0.2, 0.25) is 0 Å². The largest absolute Gasteiger partial charge is 0.389 e. The maximum atomic E-state index is 14.8. The van der Waals surface area contributed by atoms with Crippen molar-refractivity contribution in [2.45, 2.75) is 26.4 Å². The van der Waals surface area contributed by atoms with Crippen LogP contribution in [0.5, 0.6) is 0 Å². The summed E-state index contributed by atoms with van der Waals surface area (Å²) in [6.07, 6.45) is 3.27. The summed E-state index contributed by atoms with van der Waals surface area (Å²) in [4.78, 5) is 4.30. The Bertz CT molecular complexity index is 792. The Labute approximate surface area is 129 Å². The SMILES string of the molecule is C=C(C)c1cnc(C2=CC(O)Cc3ccccc32)c(F)c1C. The zero-order valence-electron chi connectivity index (χ0n) is 12.7. The molecule has 1 aromatic heterocycles. The number of nitrogens with zero attached hydrogens (tertiary/aromatic N) is 1. The van der Waals surface area contributed by atoms with E-state index in [0.29, 0.717) is 17.6 Å². The Morgan fingerprint density at radius 3 is 2.82 bits per heavy atom. The van der Waals surface area contributed by atoms with E-state index in [9.17, 15) is 9.50 Å². The van der Waals surface area contributed by atoms with Crippen molar-refractivity contribution in [3.05, 3.63) is 76.9 Å². The van der Waals surface area contributed by atoms with Crippen molar-refractivity contribution < 1.29 is 9.50 Å². The summed E-state index contributed by atoms with van der Waals surface area (Å²) in [7, 11) is 0. The highest BCUT2D eigenvalue weighted by molar-refractivity contribution is 5.82. The van der Waals surface area contributed by atoms with Gasteiger partial charge >= 0.3 is 0 Å². The summed E-state index contributed by atoms with van der Waals surface area (Å²) < 4.78 is 14.8. The van der Waals surface area contributed by atoms with Crippen LogP contribution >= 0.6 is 0 Å². The molecule has 0 spiro atoms. The van der Waals surface area contributed by atoms with Crippen LogP contribution in [0.15, 0.2) is 43.1 Å². The number of aliphatic hydroxyl groups excluding tert-OH is 1. The first-order valence-electron chi connectivity index (χ1n) is 7.28. The summed E-state index contributed by atoms with van der Waals surface area (Å²) in [5, 5.41) is 10.0. The van der Waals surface area contributed by atoms with Crippen LogP contribution in [0, 0.1) is 12.7 Å². The van der Waals surface area contributed by atoms with Crippen LogP contribution < -0.4 is 0 Å². The van der Waals surface area contributed by atoms with E-state index >= 15 is 0 Å². The Hall–Kier alpha value is -2.26. The van der Waals surface area contributed by atoms with Crippen molar-refractivity contribution in [3.63, 3.8) is 0 Å². The maximum absolute atomic E-state index is 14.8. The molecule has 1 N–H and O–H groups in total. The Morgan fingerprint density at radius 1 is 1.36 bits per heavy atom. The first-order chi connectivity index (χ1) is 10.5. The van der Waals surface area contributed by atoms with Crippen LogP contribution in [-0.4, -0.2) is 16.2 Å². The van der Waals surface area contributed by atoms with Crippen molar-refractivity contribution in [1.29, 1.82) is 0 Å². The molecule has 22 heavy (non-hydrogen) atoms. The van der Waals surface area contributed by atoms with Crippen LogP contribution in [0.3, 0.4) is 0 Å². The number of allylic oxidation sites excluding steroid dienone is 1. The molecule has 0 radical (unpaired) electrons. The number of hydrogen-bond acceptors (Lipinski definition) is 2. The molecule has 0 saturated carbocycles. The third kappa shape index (κ3) is 2.38. The highest BCUT2D eigenvalue weighted by Gasteiger charge is 2.23. The molecular weight excluding hydrogens is 277 g/mol. The Balaban J connectivity index is 2.19. The predicted molar refractivity (Wildman–Crippen MR) is 86.9 cm³/mol. The first-order valence-corrected chi connectivity index (χ1v) is 7.28. The van der Waals surface area contributed by atoms with Gasteiger partial charge in [-0.05, 0) is 42.2 Å². The molecule has 1 aliphatic rings. The van der Waals surface area contributed by atoms with Crippen molar-refractivity contribution in [3.8, 4) is 0 Å². The molecule has 1 atom stereocenters. The smallest absolute Gasteiger partial charge is 0.152 e. The van der Waals surface area contributed by atoms with Gasteiger partial charge in [-0.2, -0.15) is 0 Å². The molecule has 1 heterocycles. The van der Waals surface area contributed by atoms with E-state index in [4.69, 9.17) is 0 Å². The van der Waals surface area contributed by atoms with Gasteiger partial charge in [0.25, 0.3) is 0 Å². The van der Waals surface area contributed by atoms with Gasteiger partial charge in [0.05, 0.1) is 6.10 Å². The predicted octanol–water partition coefficient (Wildman–Crippen LogP) is 3.91. The Kier molecular flexibility index (Phi) is 3.67. The molecular formula is C19H18FNO. The Morgan fingerprint density at radius 2 is 2.09 bits per heavy atom. The lowest BCUT2D eigenvalue weighted by molar-refractivity contribution is 0.222. The molecule has 0 aliphatic heterocycles. The lowest BCUT2D eigenvalue weighted by Gasteiger charge is -2.22. The minimum absolute atomic E-state index is 0.286. The van der Waals surface area contributed by atoms with Crippen LogP contribution in [0.2, 0.25) is 0 Å². The number of hydrogen-bond donors (Lipinski definition) is 1. The molecule has 112 valence electrons. The fourth-order valence-electron chi connectivity index (χ4n) is 2.93. The molecule has 3 heteroatoms. The van der Waals surface area contributed by atoms with Gasteiger partial charge in [0.15, 0.2) is 5.82 Å². The van der Waals surface area contributed by atoms with Crippen molar-refractivity contribution >= 4 is 11.1 Å². The number of aromatic nitrogens is 1. The summed E-state index contributed by atoms with van der Waals surface area (Å²) >= 11 is 0. The van der Waals surface area contributed by atoms with Gasteiger partial charge < -0.3 is 5.11 Å². The van der Waals surface area contributed by atoms with Crippen LogP contribution in [0.25, 0.3) is 11.1 Å². The van der Waals surface area contributed by atoms with Crippen LogP contribution in [0.1, 0.15) is 34.9 Å². The minimum atomic E-state index is -0.618. The summed E-state index contributed by atoms with van der Waals surface area (Å²) in [5.41, 5.74) is 4.94. The van der Waals surface area contributed by atoms with Crippen molar-refractivity contribution in [2.24, 2.45) is 0 Å². The quantitative estimate of drug-likeness (QED) is 0.911. The highest BCUT2D eigenvalue weighted by Crippen LogP contribution is 2.33. The molecule has 3 rings (SSSR count). The maximum Gasteiger partial charge on any atom is 0.152 e. The molecule has 0 fully saturated rings. The second kappa shape index (κ2) is 5.50. The highest BCUT2D eigenvalue weighted by atomic mass is 19.1. The summed E-state index contributed by atoms with van der Waals surface area (Å²) in [5.74, 6) is -0.351. The van der Waals surface area contributed by atoms with Crippen molar-refractivity contribution in [1.82, 2.24) is 4.98 Å². The van der Waals surface area contributed by atoms with E-state index in [0.717, 1.165) is 22.3 Å². The van der Waals surface area contributed by atoms with E-state index in [1.807, 2.05) is 31.2 Å². The monoisotopic (exact) mass is 295 g/mol. The average Bonchev–Trinajstić information content (AvgIpc) is 2.48. The van der Waals surface area contributed by atoms with Gasteiger partial charge in [-0.3, -0.25) is 4.98 Å². The van der Waals surface area contributed by atoms with E-state index in [1.54, 1.807) is 19.2 Å². The molecule has 2 nitrogen and oxygen atoms in total. The van der Waals surface area contributed by atoms with E-state index in [-0.39, 0.29) is 11.5 Å². The minimum Gasteiger partial charge on any atom is -0.389 e. The lowest BCUT2D eigenvalue weighted by Crippen LogP contribution is -2.16. The number of fused-ring (bicyclic) bond motifs is 1. The third-order valence-corrected chi connectivity index (χ3v) is 4.07. The standard InChI is InChI=1S/C19H18FNO/c1-11(2)17-10-21-19(18(20)12(17)3)16-9-14(22)8-13-6-4-5-7-15(13)16/h4-7,9-10,14,22H,1,8H2,2-3H3. The number of halogens is 1. The molecule has 1 aromatic carbocycles. The van der Waals surface area contributed by atoms with Crippen molar-refractivity contribution in [2.75, 3.05) is 0 Å². The summed E-state index contributed by atoms with van der Waals surface area (Å²) in [6, 6.07) is 7.74. The lowest BCUT2D eigenvalue weighted by atomic mass is 9.87. The number of benzene rings is 1. The molecule has 1 unspecified atom stereocenters. The van der Waals surface area contributed by atoms with Gasteiger partial charge in [-0.25, -0.2) is 4.39 Å². The molecule has 1 aliphatic carbocycles. The topological polar surface area (TPSA) is 33.1 Å². The van der Waals surface area contributed by atoms with E-state index < -0.39 is 6.10 Å². The molecule has 2 aromatic rings. The molecule has 0 bridgehead atoms. The number of rotatable bonds is 2. The molecule has 0 amide bonds. The van der Waals surface area contributed by atoms with E-state index in [2.05, 4.69) is 11.6 Å². The normalized spacial score (nSPS) is 16.9. The van der Waals surface area contributed by atoms with E-state index in [1.165, 1.54) is 0 Å². The van der Waals surface area contributed by atoms with Crippen LogP contribution in [0.4, 0.5) is 4.39 Å². The van der Waals surface area contributed by atoms with Gasteiger partial charge in [0.1, 0.15) is 5.69 Å². The van der Waals surface area contributed by atoms with Gasteiger partial charge in [-0.15, -0.1) is 0 Å². The third-order valence-electron chi connectivity index (χ3n) is 4.07. The average molecular weight is 295 g/mol. The fraction of sp³-hybridized carbons (Fsp3) is 0.211. The second-order valence-corrected chi connectivity index (χ2v) is 5.75. The van der Waals surface area contributed by atoms with Gasteiger partial charge in [0, 0.05) is 23.8 Å². The first kappa shape index (κ1) is 14.7. The van der Waals surface area contributed by atoms with Gasteiger partial charge in [-0.1, -0.05) is 30.8 Å². The zero-order valence-corrected chi connectivity index (χ0v) is 12.7. The number of pyridine rings is 1. The van der Waals surface area contributed by atoms with Crippen LogP contribution in [-0.2, 0) is 6.42 Å².